The number of benzene rings is 3. The molecule has 0 radical (unpaired) electrons. The summed E-state index contributed by atoms with van der Waals surface area (Å²) < 4.78 is 41.8. The highest BCUT2D eigenvalue weighted by molar-refractivity contribution is 14.1. The van der Waals surface area contributed by atoms with Crippen LogP contribution in [0.15, 0.2) is 59.6 Å². The fraction of sp³-hybridized carbons (Fsp3) is 0.281. The lowest BCUT2D eigenvalue weighted by molar-refractivity contribution is -0.109. The van der Waals surface area contributed by atoms with E-state index in [1.165, 1.54) is 28.4 Å². The molecule has 230 valence electrons. The average molecular weight is 731 g/mol. The van der Waals surface area contributed by atoms with Crippen LogP contribution in [0.2, 0.25) is 0 Å². The van der Waals surface area contributed by atoms with E-state index < -0.39 is 5.92 Å². The van der Waals surface area contributed by atoms with Crippen molar-refractivity contribution in [3.8, 4) is 34.5 Å². The van der Waals surface area contributed by atoms with Gasteiger partial charge in [-0.2, -0.15) is 0 Å². The second kappa shape index (κ2) is 14.2. The first-order valence-electron chi connectivity index (χ1n) is 13.6. The van der Waals surface area contributed by atoms with E-state index in [0.29, 0.717) is 70.2 Å². The first kappa shape index (κ1) is 31.5. The number of carbonyl (C=O) groups is 1. The molecule has 0 spiro atoms. The van der Waals surface area contributed by atoms with Gasteiger partial charge in [0.25, 0.3) is 0 Å². The molecular formula is C32H31IN2O8S. The van der Waals surface area contributed by atoms with E-state index in [0.717, 1.165) is 31.5 Å². The lowest BCUT2D eigenvalue weighted by Gasteiger charge is -2.30. The molecule has 12 heteroatoms. The van der Waals surface area contributed by atoms with Crippen LogP contribution in [0.3, 0.4) is 0 Å². The number of allylic oxidation sites excluding steroid dienone is 1. The third-order valence-corrected chi connectivity index (χ3v) is 8.73. The number of aromatic nitrogens is 2. The molecule has 44 heavy (non-hydrogen) atoms. The van der Waals surface area contributed by atoms with E-state index in [2.05, 4.69) is 38.6 Å². The molecule has 0 saturated carbocycles. The number of rotatable bonds is 13. The van der Waals surface area contributed by atoms with Crippen LogP contribution in [0.1, 0.15) is 23.5 Å². The van der Waals surface area contributed by atoms with Crippen LogP contribution in [0, 0.1) is 3.57 Å². The van der Waals surface area contributed by atoms with Crippen molar-refractivity contribution in [3.63, 3.8) is 0 Å². The Morgan fingerprint density at radius 3 is 2.32 bits per heavy atom. The van der Waals surface area contributed by atoms with Crippen molar-refractivity contribution in [3.05, 3.63) is 69.2 Å². The summed E-state index contributed by atoms with van der Waals surface area (Å²) in [4.78, 5) is 21.6. The monoisotopic (exact) mass is 730 g/mol. The fourth-order valence-electron chi connectivity index (χ4n) is 4.92. The summed E-state index contributed by atoms with van der Waals surface area (Å²) in [5, 5.41) is 1.92. The average Bonchev–Trinajstić information content (AvgIpc) is 3.06. The number of hydrogen-bond donors (Lipinski definition) is 0. The van der Waals surface area contributed by atoms with Crippen molar-refractivity contribution >= 4 is 57.3 Å². The second-order valence-corrected chi connectivity index (χ2v) is 11.8. The van der Waals surface area contributed by atoms with Gasteiger partial charge in [0, 0.05) is 32.4 Å². The van der Waals surface area contributed by atoms with Gasteiger partial charge in [0.1, 0.15) is 40.8 Å². The SMILES string of the molecule is COc1cc(OC)c2c(c1)OC(c1cc(OC)c(OC)c(OC)c1)=C(OCCCSc1ncnc3ccc(I)cc13)C2C=O. The van der Waals surface area contributed by atoms with Crippen molar-refractivity contribution in [2.45, 2.75) is 17.4 Å². The number of thioether (sulfide) groups is 1. The summed E-state index contributed by atoms with van der Waals surface area (Å²) in [6, 6.07) is 13.0. The Hall–Kier alpha value is -3.91. The van der Waals surface area contributed by atoms with Crippen LogP contribution in [-0.4, -0.2) is 64.2 Å². The van der Waals surface area contributed by atoms with Crippen molar-refractivity contribution < 1.29 is 38.0 Å². The zero-order chi connectivity index (χ0) is 31.2. The summed E-state index contributed by atoms with van der Waals surface area (Å²) in [7, 11) is 7.69. The largest absolute Gasteiger partial charge is 0.496 e. The normalized spacial score (nSPS) is 14.0. The van der Waals surface area contributed by atoms with Crippen LogP contribution >= 0.6 is 34.4 Å². The second-order valence-electron chi connectivity index (χ2n) is 9.46. The maximum atomic E-state index is 12.8. The molecule has 1 aliphatic rings. The third-order valence-electron chi connectivity index (χ3n) is 6.97. The predicted octanol–water partition coefficient (Wildman–Crippen LogP) is 6.52. The van der Waals surface area contributed by atoms with E-state index in [1.807, 2.05) is 12.1 Å². The van der Waals surface area contributed by atoms with Crippen LogP contribution < -0.4 is 28.4 Å². The van der Waals surface area contributed by atoms with E-state index in [9.17, 15) is 4.79 Å². The standard InChI is InChI=1S/C32H31IN2O8S/c1-37-20-14-24(38-2)28-22(16-36)30(42-9-6-10-44-32-21-13-19(33)7-8-23(21)34-17-35-32)29(43-25(28)15-20)18-11-26(39-3)31(41-5)27(12-18)40-4/h7-8,11-17,22H,6,9-10H2,1-5H3. The maximum Gasteiger partial charge on any atom is 0.203 e. The summed E-state index contributed by atoms with van der Waals surface area (Å²) in [5.74, 6) is 3.26. The number of hydrogen-bond acceptors (Lipinski definition) is 11. The fourth-order valence-corrected chi connectivity index (χ4v) is 6.30. The van der Waals surface area contributed by atoms with Gasteiger partial charge < -0.3 is 38.0 Å². The van der Waals surface area contributed by atoms with Gasteiger partial charge in [-0.25, -0.2) is 9.97 Å². The van der Waals surface area contributed by atoms with Gasteiger partial charge in [0.2, 0.25) is 5.75 Å². The summed E-state index contributed by atoms with van der Waals surface area (Å²) in [6.45, 7) is 0.318. The number of fused-ring (bicyclic) bond motifs is 2. The maximum absolute atomic E-state index is 12.8. The summed E-state index contributed by atoms with van der Waals surface area (Å²) in [5.41, 5.74) is 2.02. The van der Waals surface area contributed by atoms with Crippen molar-refractivity contribution in [2.24, 2.45) is 0 Å². The molecule has 1 aromatic heterocycles. The summed E-state index contributed by atoms with van der Waals surface area (Å²) >= 11 is 3.91. The highest BCUT2D eigenvalue weighted by Crippen LogP contribution is 2.50. The molecule has 0 saturated heterocycles. The van der Waals surface area contributed by atoms with E-state index in [4.69, 9.17) is 33.2 Å². The minimum Gasteiger partial charge on any atom is -0.496 e. The number of methoxy groups -OCH3 is 5. The minimum atomic E-state index is -0.811. The molecule has 5 rings (SSSR count). The molecule has 0 bridgehead atoms. The van der Waals surface area contributed by atoms with Crippen LogP contribution in [-0.2, 0) is 9.53 Å². The van der Waals surface area contributed by atoms with Gasteiger partial charge >= 0.3 is 0 Å². The van der Waals surface area contributed by atoms with E-state index >= 15 is 0 Å². The topological polar surface area (TPSA) is 107 Å². The molecule has 3 aromatic carbocycles. The summed E-state index contributed by atoms with van der Waals surface area (Å²) in [6.07, 6.45) is 3.08. The van der Waals surface area contributed by atoms with Crippen molar-refractivity contribution in [1.29, 1.82) is 0 Å². The smallest absolute Gasteiger partial charge is 0.203 e. The van der Waals surface area contributed by atoms with Gasteiger partial charge in [0.15, 0.2) is 23.0 Å². The molecular weight excluding hydrogens is 699 g/mol. The zero-order valence-corrected chi connectivity index (χ0v) is 27.8. The van der Waals surface area contributed by atoms with Crippen LogP contribution in [0.25, 0.3) is 16.7 Å². The zero-order valence-electron chi connectivity index (χ0n) is 24.8. The molecule has 0 aliphatic carbocycles. The van der Waals surface area contributed by atoms with Gasteiger partial charge in [-0.3, -0.25) is 0 Å². The number of aldehydes is 1. The third kappa shape index (κ3) is 6.32. The Bertz CT molecular complexity index is 1690. The first-order chi connectivity index (χ1) is 21.5. The van der Waals surface area contributed by atoms with E-state index in [1.54, 1.807) is 49.5 Å². The Labute approximate surface area is 273 Å². The van der Waals surface area contributed by atoms with Gasteiger partial charge in [-0.1, -0.05) is 0 Å². The quantitative estimate of drug-likeness (QED) is 0.0494. The molecule has 1 atom stereocenters. The molecule has 0 N–H and O–H groups in total. The predicted molar refractivity (Wildman–Crippen MR) is 176 cm³/mol. The Kier molecular flexibility index (Phi) is 10.2. The van der Waals surface area contributed by atoms with Gasteiger partial charge in [-0.05, 0) is 59.3 Å². The molecule has 1 aliphatic heterocycles. The highest BCUT2D eigenvalue weighted by atomic mass is 127. The first-order valence-corrected chi connectivity index (χ1v) is 15.6. The van der Waals surface area contributed by atoms with Crippen molar-refractivity contribution in [2.75, 3.05) is 47.9 Å². The van der Waals surface area contributed by atoms with Gasteiger partial charge in [-0.15, -0.1) is 11.8 Å². The number of halogens is 1. The Morgan fingerprint density at radius 1 is 0.909 bits per heavy atom. The Balaban J connectivity index is 1.48. The minimum absolute atomic E-state index is 0.318. The van der Waals surface area contributed by atoms with Crippen LogP contribution in [0.5, 0.6) is 34.5 Å². The lowest BCUT2D eigenvalue weighted by Crippen LogP contribution is -2.20. The number of nitrogens with zero attached hydrogens (tertiary/aromatic N) is 2. The molecule has 10 nitrogen and oxygen atoms in total. The number of ether oxygens (including phenoxy) is 7. The Morgan fingerprint density at radius 2 is 1.66 bits per heavy atom. The molecule has 0 amide bonds. The highest BCUT2D eigenvalue weighted by Gasteiger charge is 2.36. The molecule has 4 aromatic rings. The van der Waals surface area contributed by atoms with Crippen LogP contribution in [0.4, 0.5) is 0 Å². The van der Waals surface area contributed by atoms with Gasteiger partial charge in [0.05, 0.1) is 53.2 Å². The lowest BCUT2D eigenvalue weighted by atomic mass is 9.91. The number of carbonyl (C=O) groups excluding carboxylic acids is 1. The molecule has 1 unspecified atom stereocenters. The molecule has 2 heterocycles. The molecule has 0 fully saturated rings. The van der Waals surface area contributed by atoms with E-state index in [-0.39, 0.29) is 0 Å². The van der Waals surface area contributed by atoms with Crippen molar-refractivity contribution in [1.82, 2.24) is 9.97 Å².